The van der Waals surface area contributed by atoms with E-state index in [0.29, 0.717) is 34.7 Å². The number of carbonyl (C=O) groups excluding carboxylic acids is 1. The predicted molar refractivity (Wildman–Crippen MR) is 122 cm³/mol. The number of amides is 1. The van der Waals surface area contributed by atoms with Crippen LogP contribution in [0.1, 0.15) is 29.9 Å². The third kappa shape index (κ3) is 4.40. The molecule has 1 aromatic carbocycles. The highest BCUT2D eigenvalue weighted by Gasteiger charge is 2.25. The van der Waals surface area contributed by atoms with Crippen LogP contribution in [0, 0.1) is 6.92 Å². The van der Waals surface area contributed by atoms with Gasteiger partial charge in [-0.05, 0) is 32.9 Å². The first-order chi connectivity index (χ1) is 15.4. The molecule has 0 spiro atoms. The summed E-state index contributed by atoms with van der Waals surface area (Å²) in [6.45, 7) is 7.80. The Morgan fingerprint density at radius 1 is 1.12 bits per heavy atom. The molecular weight excluding hydrogens is 410 g/mol. The van der Waals surface area contributed by atoms with Gasteiger partial charge in [0.15, 0.2) is 0 Å². The second-order valence-electron chi connectivity index (χ2n) is 7.95. The zero-order chi connectivity index (χ0) is 22.8. The molecule has 1 saturated heterocycles. The number of fused-ring (bicyclic) bond motifs is 1. The molecule has 0 saturated carbocycles. The highest BCUT2D eigenvalue weighted by atomic mass is 16.5. The first-order valence-electron chi connectivity index (χ1n) is 10.4. The quantitative estimate of drug-likeness (QED) is 0.620. The fourth-order valence-electron chi connectivity index (χ4n) is 4.04. The van der Waals surface area contributed by atoms with Gasteiger partial charge in [-0.2, -0.15) is 9.97 Å². The molecule has 1 aliphatic rings. The second-order valence-corrected chi connectivity index (χ2v) is 7.95. The largest absolute Gasteiger partial charge is 0.481 e. The number of anilines is 2. The molecule has 0 radical (unpaired) electrons. The van der Waals surface area contributed by atoms with Crippen LogP contribution in [0.2, 0.25) is 0 Å². The number of piperazine rings is 1. The molecule has 0 aliphatic carbocycles. The van der Waals surface area contributed by atoms with Crippen molar-refractivity contribution in [3.63, 3.8) is 0 Å². The molecular formula is C22H27N7O3. The van der Waals surface area contributed by atoms with Crippen LogP contribution in [0.4, 0.5) is 11.6 Å². The minimum atomic E-state index is -0.378. The van der Waals surface area contributed by atoms with Gasteiger partial charge in [0.25, 0.3) is 5.91 Å². The van der Waals surface area contributed by atoms with Gasteiger partial charge < -0.3 is 19.7 Å². The number of benzene rings is 1. The van der Waals surface area contributed by atoms with Crippen LogP contribution in [0.5, 0.6) is 11.9 Å². The van der Waals surface area contributed by atoms with Gasteiger partial charge in [-0.25, -0.2) is 9.97 Å². The lowest BCUT2D eigenvalue weighted by Gasteiger charge is -2.38. The van der Waals surface area contributed by atoms with E-state index in [1.807, 2.05) is 6.07 Å². The van der Waals surface area contributed by atoms with Gasteiger partial charge in [0.05, 0.1) is 25.3 Å². The molecule has 2 N–H and O–H groups in total. The lowest BCUT2D eigenvalue weighted by atomic mass is 10.0. The number of nitrogens with zero attached hydrogens (tertiary/aromatic N) is 5. The van der Waals surface area contributed by atoms with E-state index in [9.17, 15) is 4.79 Å². The number of hydrogen-bond donors (Lipinski definition) is 2. The summed E-state index contributed by atoms with van der Waals surface area (Å²) in [4.78, 5) is 32.7. The molecule has 10 nitrogen and oxygen atoms in total. The van der Waals surface area contributed by atoms with Crippen LogP contribution < -0.4 is 25.0 Å². The number of carbonyl (C=O) groups is 1. The summed E-state index contributed by atoms with van der Waals surface area (Å²) in [5.41, 5.74) is 2.54. The minimum Gasteiger partial charge on any atom is -0.481 e. The molecule has 1 fully saturated rings. The van der Waals surface area contributed by atoms with Crippen LogP contribution in [0.15, 0.2) is 24.4 Å². The molecule has 4 rings (SSSR count). The number of nitrogens with one attached hydrogen (secondary N) is 2. The van der Waals surface area contributed by atoms with Crippen LogP contribution in [0.25, 0.3) is 10.9 Å². The average Bonchev–Trinajstić information content (AvgIpc) is 2.76. The van der Waals surface area contributed by atoms with Crippen LogP contribution in [-0.2, 0) is 0 Å². The Balaban J connectivity index is 1.75. The fraction of sp³-hybridized carbons (Fsp3) is 0.409. The second kappa shape index (κ2) is 8.91. The monoisotopic (exact) mass is 437 g/mol. The lowest BCUT2D eigenvalue weighted by Crippen LogP contribution is -2.54. The van der Waals surface area contributed by atoms with Gasteiger partial charge in [-0.3, -0.25) is 10.1 Å². The smallest absolute Gasteiger partial charge is 0.316 e. The Kier molecular flexibility index (Phi) is 6.04. The number of ether oxygens (including phenoxy) is 2. The Labute approximate surface area is 186 Å². The predicted octanol–water partition coefficient (Wildman–Crippen LogP) is 2.18. The van der Waals surface area contributed by atoms with E-state index in [-0.39, 0.29) is 17.9 Å². The van der Waals surface area contributed by atoms with E-state index < -0.39 is 0 Å². The molecule has 2 atom stereocenters. The van der Waals surface area contributed by atoms with E-state index in [1.165, 1.54) is 14.2 Å². The van der Waals surface area contributed by atoms with Crippen molar-refractivity contribution in [2.75, 3.05) is 37.5 Å². The SMILES string of the molecule is COc1cc(C)nc(NC(=O)c2ccc(N3CC(C)NC(C)C3)c3cnc(OC)nc23)n1. The molecule has 2 unspecified atom stereocenters. The summed E-state index contributed by atoms with van der Waals surface area (Å²) in [6.07, 6.45) is 1.71. The van der Waals surface area contributed by atoms with Crippen molar-refractivity contribution in [3.8, 4) is 11.9 Å². The summed E-state index contributed by atoms with van der Waals surface area (Å²) < 4.78 is 10.4. The van der Waals surface area contributed by atoms with Gasteiger partial charge in [-0.1, -0.05) is 0 Å². The third-order valence-corrected chi connectivity index (χ3v) is 5.30. The molecule has 168 valence electrons. The van der Waals surface area contributed by atoms with Gasteiger partial charge in [0.1, 0.15) is 0 Å². The molecule has 3 heterocycles. The van der Waals surface area contributed by atoms with E-state index in [1.54, 1.807) is 25.3 Å². The Morgan fingerprint density at radius 2 is 1.88 bits per heavy atom. The molecule has 1 aliphatic heterocycles. The molecule has 3 aromatic rings. The molecule has 0 bridgehead atoms. The van der Waals surface area contributed by atoms with Crippen molar-refractivity contribution < 1.29 is 14.3 Å². The van der Waals surface area contributed by atoms with Gasteiger partial charge >= 0.3 is 6.01 Å². The first-order valence-corrected chi connectivity index (χ1v) is 10.4. The summed E-state index contributed by atoms with van der Waals surface area (Å²) in [6, 6.07) is 6.26. The highest BCUT2D eigenvalue weighted by Crippen LogP contribution is 2.31. The Bertz CT molecular complexity index is 1140. The van der Waals surface area contributed by atoms with Gasteiger partial charge in [-0.15, -0.1) is 0 Å². The normalized spacial score (nSPS) is 18.5. The van der Waals surface area contributed by atoms with E-state index in [0.717, 1.165) is 24.2 Å². The summed E-state index contributed by atoms with van der Waals surface area (Å²) in [5.74, 6) is 0.158. The van der Waals surface area contributed by atoms with Crippen LogP contribution in [0.3, 0.4) is 0 Å². The molecule has 32 heavy (non-hydrogen) atoms. The van der Waals surface area contributed by atoms with E-state index in [2.05, 4.69) is 49.3 Å². The minimum absolute atomic E-state index is 0.162. The maximum absolute atomic E-state index is 13.2. The van der Waals surface area contributed by atoms with E-state index in [4.69, 9.17) is 9.47 Å². The van der Waals surface area contributed by atoms with Crippen molar-refractivity contribution in [2.24, 2.45) is 0 Å². The number of rotatable bonds is 5. The van der Waals surface area contributed by atoms with Crippen molar-refractivity contribution in [1.82, 2.24) is 25.3 Å². The van der Waals surface area contributed by atoms with Crippen molar-refractivity contribution >= 4 is 28.4 Å². The molecule has 10 heteroatoms. The number of aryl methyl sites for hydroxylation is 1. The zero-order valence-corrected chi connectivity index (χ0v) is 18.8. The summed E-state index contributed by atoms with van der Waals surface area (Å²) in [7, 11) is 3.01. The Morgan fingerprint density at radius 3 is 2.56 bits per heavy atom. The first kappa shape index (κ1) is 21.7. The third-order valence-electron chi connectivity index (χ3n) is 5.30. The highest BCUT2D eigenvalue weighted by molar-refractivity contribution is 6.13. The summed E-state index contributed by atoms with van der Waals surface area (Å²) in [5, 5.41) is 7.07. The maximum atomic E-state index is 13.2. The number of methoxy groups -OCH3 is 2. The summed E-state index contributed by atoms with van der Waals surface area (Å²) >= 11 is 0. The van der Waals surface area contributed by atoms with Crippen molar-refractivity contribution in [3.05, 3.63) is 35.7 Å². The van der Waals surface area contributed by atoms with E-state index >= 15 is 0 Å². The van der Waals surface area contributed by atoms with Gasteiger partial charge in [0, 0.05) is 54.2 Å². The lowest BCUT2D eigenvalue weighted by molar-refractivity contribution is 0.102. The van der Waals surface area contributed by atoms with Crippen molar-refractivity contribution in [1.29, 1.82) is 0 Å². The van der Waals surface area contributed by atoms with Crippen molar-refractivity contribution in [2.45, 2.75) is 32.9 Å². The zero-order valence-electron chi connectivity index (χ0n) is 18.8. The van der Waals surface area contributed by atoms with Gasteiger partial charge in [0.2, 0.25) is 11.8 Å². The number of aromatic nitrogens is 4. The topological polar surface area (TPSA) is 114 Å². The maximum Gasteiger partial charge on any atom is 0.316 e. The Hall–Kier alpha value is -3.53. The standard InChI is InChI=1S/C22H27N7O3/c1-12-8-18(31-4)26-21(25-12)28-20(30)15-6-7-17(29-10-13(2)24-14(3)11-29)16-9-23-22(32-5)27-19(15)16/h6-9,13-14,24H,10-11H2,1-5H3,(H,25,26,28,30). The average molecular weight is 438 g/mol. The number of hydrogen-bond acceptors (Lipinski definition) is 9. The van der Waals surface area contributed by atoms with Crippen LogP contribution in [-0.4, -0.2) is 65.2 Å². The van der Waals surface area contributed by atoms with Crippen LogP contribution >= 0.6 is 0 Å². The fourth-order valence-corrected chi connectivity index (χ4v) is 4.04. The molecule has 2 aromatic heterocycles. The molecule has 1 amide bonds.